The number of aliphatic carboxylic acids is 1. The predicted octanol–water partition coefficient (Wildman–Crippen LogP) is 1.71. The van der Waals surface area contributed by atoms with Crippen LogP contribution in [0.3, 0.4) is 0 Å². The number of rotatable bonds is 4. The number of carbonyl (C=O) groups is 1. The summed E-state index contributed by atoms with van der Waals surface area (Å²) in [5.74, 6) is -2.81. The minimum absolute atomic E-state index is 0.327. The van der Waals surface area contributed by atoms with Crippen LogP contribution in [0.25, 0.3) is 0 Å². The lowest BCUT2D eigenvalue weighted by molar-refractivity contribution is -0.275. The Hall–Kier alpha value is -1.96. The number of carboxylic acids is 1. The van der Waals surface area contributed by atoms with Crippen LogP contribution < -0.4 is 9.47 Å². The van der Waals surface area contributed by atoms with E-state index < -0.39 is 29.9 Å². The molecule has 1 aromatic carbocycles. The van der Waals surface area contributed by atoms with Crippen molar-refractivity contribution in [1.29, 1.82) is 0 Å². The number of benzene rings is 1. The maximum Gasteiger partial charge on any atom is 0.573 e. The molecule has 0 aromatic heterocycles. The van der Waals surface area contributed by atoms with E-state index in [1.165, 1.54) is 0 Å². The number of aliphatic hydroxyl groups excluding tert-OH is 1. The number of halogens is 3. The van der Waals surface area contributed by atoms with Crippen LogP contribution in [0.1, 0.15) is 11.7 Å². The highest BCUT2D eigenvalue weighted by Crippen LogP contribution is 2.37. The van der Waals surface area contributed by atoms with Crippen molar-refractivity contribution in [3.8, 4) is 11.5 Å². The van der Waals surface area contributed by atoms with Crippen LogP contribution in [-0.2, 0) is 4.79 Å². The van der Waals surface area contributed by atoms with Crippen molar-refractivity contribution in [2.75, 3.05) is 7.11 Å². The van der Waals surface area contributed by atoms with Gasteiger partial charge in [0.15, 0.2) is 17.6 Å². The Labute approximate surface area is 99.4 Å². The molecule has 5 nitrogen and oxygen atoms in total. The second-order valence-electron chi connectivity index (χ2n) is 3.17. The van der Waals surface area contributed by atoms with E-state index in [9.17, 15) is 23.1 Å². The molecule has 1 rings (SSSR count). The van der Waals surface area contributed by atoms with E-state index >= 15 is 0 Å². The van der Waals surface area contributed by atoms with Crippen molar-refractivity contribution in [3.63, 3.8) is 0 Å². The van der Waals surface area contributed by atoms with E-state index in [0.29, 0.717) is 0 Å². The highest BCUT2D eigenvalue weighted by atomic mass is 19.4. The van der Waals surface area contributed by atoms with Gasteiger partial charge in [-0.3, -0.25) is 0 Å². The second kappa shape index (κ2) is 5.13. The van der Waals surface area contributed by atoms with Crippen LogP contribution in [0.4, 0.5) is 13.2 Å². The van der Waals surface area contributed by atoms with E-state index in [1.807, 2.05) is 0 Å². The summed E-state index contributed by atoms with van der Waals surface area (Å²) in [6, 6.07) is 3.19. The summed E-state index contributed by atoms with van der Waals surface area (Å²) in [5, 5.41) is 17.9. The van der Waals surface area contributed by atoms with E-state index in [4.69, 9.17) is 5.11 Å². The Balaban J connectivity index is 3.22. The average Bonchev–Trinajstić information content (AvgIpc) is 2.25. The molecular formula is C10H9F3O5. The zero-order chi connectivity index (χ0) is 13.9. The lowest BCUT2D eigenvalue weighted by Crippen LogP contribution is -2.19. The average molecular weight is 266 g/mol. The molecule has 0 fully saturated rings. The molecule has 2 N–H and O–H groups in total. The van der Waals surface area contributed by atoms with Gasteiger partial charge in [0.2, 0.25) is 0 Å². The first-order chi connectivity index (χ1) is 8.26. The lowest BCUT2D eigenvalue weighted by atomic mass is 10.1. The zero-order valence-electron chi connectivity index (χ0n) is 9.06. The summed E-state index contributed by atoms with van der Waals surface area (Å²) in [6.45, 7) is 0. The molecular weight excluding hydrogens is 257 g/mol. The number of carboxylic acid groups (broad SMARTS) is 1. The molecule has 0 amide bonds. The first-order valence-electron chi connectivity index (χ1n) is 4.59. The van der Waals surface area contributed by atoms with Gasteiger partial charge in [-0.25, -0.2) is 4.79 Å². The molecule has 8 heteroatoms. The highest BCUT2D eigenvalue weighted by Gasteiger charge is 2.34. The Morgan fingerprint density at radius 3 is 2.44 bits per heavy atom. The third-order valence-electron chi connectivity index (χ3n) is 1.97. The first-order valence-corrected chi connectivity index (χ1v) is 4.59. The van der Waals surface area contributed by atoms with Gasteiger partial charge in [0.05, 0.1) is 7.11 Å². The fourth-order valence-corrected chi connectivity index (χ4v) is 1.30. The summed E-state index contributed by atoms with van der Waals surface area (Å²) < 4.78 is 44.6. The predicted molar refractivity (Wildman–Crippen MR) is 52.3 cm³/mol. The fraction of sp³-hybridized carbons (Fsp3) is 0.300. The summed E-state index contributed by atoms with van der Waals surface area (Å²) in [4.78, 5) is 10.6. The van der Waals surface area contributed by atoms with E-state index in [0.717, 1.165) is 25.3 Å². The molecule has 0 aliphatic heterocycles. The fourth-order valence-electron chi connectivity index (χ4n) is 1.30. The second-order valence-corrected chi connectivity index (χ2v) is 3.17. The molecule has 1 aromatic rings. The van der Waals surface area contributed by atoms with Crippen molar-refractivity contribution in [1.82, 2.24) is 0 Å². The molecule has 0 bridgehead atoms. The molecule has 0 heterocycles. The van der Waals surface area contributed by atoms with Gasteiger partial charge in [0.25, 0.3) is 0 Å². The third kappa shape index (κ3) is 3.27. The topological polar surface area (TPSA) is 76.0 Å². The van der Waals surface area contributed by atoms with Crippen LogP contribution in [0.5, 0.6) is 11.5 Å². The third-order valence-corrected chi connectivity index (χ3v) is 1.97. The number of hydrogen-bond donors (Lipinski definition) is 2. The molecule has 0 radical (unpaired) electrons. The van der Waals surface area contributed by atoms with Crippen LogP contribution in [0.15, 0.2) is 18.2 Å². The minimum atomic E-state index is -4.94. The van der Waals surface area contributed by atoms with Gasteiger partial charge < -0.3 is 19.7 Å². The molecule has 0 aliphatic rings. The largest absolute Gasteiger partial charge is 0.573 e. The summed E-state index contributed by atoms with van der Waals surface area (Å²) >= 11 is 0. The van der Waals surface area contributed by atoms with Crippen molar-refractivity contribution < 1.29 is 37.7 Å². The smallest absolute Gasteiger partial charge is 0.492 e. The van der Waals surface area contributed by atoms with Crippen LogP contribution in [0, 0.1) is 0 Å². The Kier molecular flexibility index (Phi) is 4.02. The molecule has 1 atom stereocenters. The van der Waals surface area contributed by atoms with E-state index in [2.05, 4.69) is 9.47 Å². The van der Waals surface area contributed by atoms with Gasteiger partial charge in [-0.05, 0) is 6.07 Å². The summed E-state index contributed by atoms with van der Waals surface area (Å²) in [5.41, 5.74) is -0.327. The van der Waals surface area contributed by atoms with Gasteiger partial charge in [0, 0.05) is 5.56 Å². The number of para-hydroxylation sites is 1. The molecule has 18 heavy (non-hydrogen) atoms. The maximum absolute atomic E-state index is 12.1. The summed E-state index contributed by atoms with van der Waals surface area (Å²) in [6.07, 6.45) is -6.95. The van der Waals surface area contributed by atoms with Crippen molar-refractivity contribution in [2.45, 2.75) is 12.5 Å². The number of aliphatic hydroxyl groups is 1. The Morgan fingerprint density at radius 1 is 1.39 bits per heavy atom. The Morgan fingerprint density at radius 2 is 2.00 bits per heavy atom. The van der Waals surface area contributed by atoms with Crippen LogP contribution >= 0.6 is 0 Å². The molecule has 1 unspecified atom stereocenters. The van der Waals surface area contributed by atoms with Crippen LogP contribution in [0.2, 0.25) is 0 Å². The van der Waals surface area contributed by atoms with Crippen molar-refractivity contribution in [3.05, 3.63) is 23.8 Å². The normalized spacial score (nSPS) is 12.9. The number of alkyl halides is 3. The molecule has 0 saturated carbocycles. The number of hydrogen-bond acceptors (Lipinski definition) is 4. The lowest BCUT2D eigenvalue weighted by Gasteiger charge is -2.16. The monoisotopic (exact) mass is 266 g/mol. The minimum Gasteiger partial charge on any atom is -0.492 e. The first kappa shape index (κ1) is 14.1. The van der Waals surface area contributed by atoms with Gasteiger partial charge in [-0.15, -0.1) is 13.2 Å². The Bertz CT molecular complexity index is 444. The van der Waals surface area contributed by atoms with Crippen molar-refractivity contribution in [2.24, 2.45) is 0 Å². The van der Waals surface area contributed by atoms with E-state index in [1.54, 1.807) is 0 Å². The van der Waals surface area contributed by atoms with Crippen LogP contribution in [-0.4, -0.2) is 29.7 Å². The maximum atomic E-state index is 12.1. The van der Waals surface area contributed by atoms with Gasteiger partial charge in [-0.2, -0.15) is 0 Å². The standard InChI is InChI=1S/C10H9F3O5/c1-17-8-5(7(14)9(15)16)3-2-4-6(8)18-10(11,12)13/h2-4,7,14H,1H3,(H,15,16). The highest BCUT2D eigenvalue weighted by molar-refractivity contribution is 5.75. The molecule has 0 spiro atoms. The van der Waals surface area contributed by atoms with Gasteiger partial charge >= 0.3 is 12.3 Å². The van der Waals surface area contributed by atoms with E-state index in [-0.39, 0.29) is 5.56 Å². The SMILES string of the molecule is COc1c(OC(F)(F)F)cccc1C(O)C(=O)O. The van der Waals surface area contributed by atoms with Crippen molar-refractivity contribution >= 4 is 5.97 Å². The zero-order valence-corrected chi connectivity index (χ0v) is 9.06. The quantitative estimate of drug-likeness (QED) is 0.867. The summed E-state index contributed by atoms with van der Waals surface area (Å²) in [7, 11) is 1.04. The molecule has 0 saturated heterocycles. The van der Waals surface area contributed by atoms with Gasteiger partial charge in [-0.1, -0.05) is 12.1 Å². The van der Waals surface area contributed by atoms with Gasteiger partial charge in [0.1, 0.15) is 0 Å². The molecule has 0 aliphatic carbocycles. The number of ether oxygens (including phenoxy) is 2. The molecule has 100 valence electrons. The number of methoxy groups -OCH3 is 1.